The summed E-state index contributed by atoms with van der Waals surface area (Å²) in [6, 6.07) is 10.5. The number of aryl methyl sites for hydroxylation is 1. The standard InChI is InChI=1S/C14H12Br2FN/c1-8-6-9(2-5-13(8)17)14(18)11-7-10(15)3-4-12(11)16/h2-7,14H,18H2,1H3. The second kappa shape index (κ2) is 5.51. The zero-order valence-electron chi connectivity index (χ0n) is 9.75. The highest BCUT2D eigenvalue weighted by Gasteiger charge is 2.13. The lowest BCUT2D eigenvalue weighted by Crippen LogP contribution is -2.13. The summed E-state index contributed by atoms with van der Waals surface area (Å²) in [4.78, 5) is 0. The maximum Gasteiger partial charge on any atom is 0.126 e. The molecular formula is C14H12Br2FN. The third-order valence-electron chi connectivity index (χ3n) is 2.83. The average Bonchev–Trinajstić information content (AvgIpc) is 2.35. The van der Waals surface area contributed by atoms with Crippen molar-refractivity contribution in [2.45, 2.75) is 13.0 Å². The van der Waals surface area contributed by atoms with Gasteiger partial charge in [0.25, 0.3) is 0 Å². The topological polar surface area (TPSA) is 26.0 Å². The predicted molar refractivity (Wildman–Crippen MR) is 79.0 cm³/mol. The van der Waals surface area contributed by atoms with Gasteiger partial charge in [-0.15, -0.1) is 0 Å². The molecule has 0 aromatic heterocycles. The quantitative estimate of drug-likeness (QED) is 0.811. The smallest absolute Gasteiger partial charge is 0.126 e. The third kappa shape index (κ3) is 2.82. The first-order valence-corrected chi connectivity index (χ1v) is 7.04. The molecule has 2 aromatic carbocycles. The molecule has 94 valence electrons. The van der Waals surface area contributed by atoms with E-state index in [4.69, 9.17) is 5.73 Å². The Morgan fingerprint density at radius 2 is 1.83 bits per heavy atom. The van der Waals surface area contributed by atoms with Crippen LogP contribution in [-0.4, -0.2) is 0 Å². The van der Waals surface area contributed by atoms with E-state index >= 15 is 0 Å². The molecule has 1 atom stereocenters. The first-order chi connectivity index (χ1) is 8.49. The molecule has 0 saturated carbocycles. The Morgan fingerprint density at radius 3 is 2.50 bits per heavy atom. The van der Waals surface area contributed by atoms with E-state index in [-0.39, 0.29) is 11.9 Å². The molecule has 1 unspecified atom stereocenters. The van der Waals surface area contributed by atoms with E-state index in [2.05, 4.69) is 31.9 Å². The highest BCUT2D eigenvalue weighted by molar-refractivity contribution is 9.11. The van der Waals surface area contributed by atoms with Crippen LogP contribution >= 0.6 is 31.9 Å². The van der Waals surface area contributed by atoms with E-state index in [1.165, 1.54) is 6.07 Å². The van der Waals surface area contributed by atoms with Gasteiger partial charge in [0.05, 0.1) is 6.04 Å². The fraction of sp³-hybridized carbons (Fsp3) is 0.143. The van der Waals surface area contributed by atoms with Crippen LogP contribution in [-0.2, 0) is 0 Å². The van der Waals surface area contributed by atoms with Gasteiger partial charge in [-0.3, -0.25) is 0 Å². The first kappa shape index (κ1) is 13.7. The van der Waals surface area contributed by atoms with E-state index in [1.54, 1.807) is 19.1 Å². The van der Waals surface area contributed by atoms with Crippen LogP contribution in [0.2, 0.25) is 0 Å². The Labute approximate surface area is 122 Å². The molecule has 0 radical (unpaired) electrons. The van der Waals surface area contributed by atoms with Gasteiger partial charge in [0.1, 0.15) is 5.82 Å². The van der Waals surface area contributed by atoms with E-state index in [0.29, 0.717) is 5.56 Å². The van der Waals surface area contributed by atoms with Crippen LogP contribution in [0.25, 0.3) is 0 Å². The van der Waals surface area contributed by atoms with E-state index < -0.39 is 0 Å². The van der Waals surface area contributed by atoms with Crippen LogP contribution in [0, 0.1) is 12.7 Å². The molecule has 1 nitrogen and oxygen atoms in total. The molecule has 0 spiro atoms. The number of benzene rings is 2. The second-order valence-electron chi connectivity index (χ2n) is 4.15. The van der Waals surface area contributed by atoms with E-state index in [1.807, 2.05) is 18.2 Å². The largest absolute Gasteiger partial charge is 0.320 e. The van der Waals surface area contributed by atoms with Crippen molar-refractivity contribution < 1.29 is 4.39 Å². The summed E-state index contributed by atoms with van der Waals surface area (Å²) in [7, 11) is 0. The predicted octanol–water partition coefficient (Wildman–Crippen LogP) is 4.71. The summed E-state index contributed by atoms with van der Waals surface area (Å²) in [5, 5.41) is 0. The Hall–Kier alpha value is -0.710. The van der Waals surface area contributed by atoms with Crippen molar-refractivity contribution in [2.75, 3.05) is 0 Å². The van der Waals surface area contributed by atoms with Gasteiger partial charge in [0.2, 0.25) is 0 Å². The Bertz CT molecular complexity index is 584. The number of rotatable bonds is 2. The molecule has 18 heavy (non-hydrogen) atoms. The van der Waals surface area contributed by atoms with E-state index in [0.717, 1.165) is 20.1 Å². The van der Waals surface area contributed by atoms with Crippen molar-refractivity contribution >= 4 is 31.9 Å². The Balaban J connectivity index is 2.44. The van der Waals surface area contributed by atoms with Crippen molar-refractivity contribution in [3.8, 4) is 0 Å². The monoisotopic (exact) mass is 371 g/mol. The molecule has 0 aliphatic heterocycles. The van der Waals surface area contributed by atoms with Gasteiger partial charge in [-0.2, -0.15) is 0 Å². The molecule has 0 bridgehead atoms. The van der Waals surface area contributed by atoms with Gasteiger partial charge in [-0.25, -0.2) is 4.39 Å². The Morgan fingerprint density at radius 1 is 1.11 bits per heavy atom. The maximum atomic E-state index is 13.3. The highest BCUT2D eigenvalue weighted by Crippen LogP contribution is 2.30. The van der Waals surface area contributed by atoms with Crippen molar-refractivity contribution in [3.05, 3.63) is 67.9 Å². The van der Waals surface area contributed by atoms with Gasteiger partial charge < -0.3 is 5.73 Å². The van der Waals surface area contributed by atoms with Crippen LogP contribution in [0.15, 0.2) is 45.3 Å². The van der Waals surface area contributed by atoms with Crippen LogP contribution in [0.1, 0.15) is 22.7 Å². The number of nitrogens with two attached hydrogens (primary N) is 1. The molecule has 0 aliphatic carbocycles. The SMILES string of the molecule is Cc1cc(C(N)c2cc(Br)ccc2Br)ccc1F. The van der Waals surface area contributed by atoms with E-state index in [9.17, 15) is 4.39 Å². The zero-order chi connectivity index (χ0) is 13.3. The summed E-state index contributed by atoms with van der Waals surface area (Å²) in [6.07, 6.45) is 0. The van der Waals surface area contributed by atoms with Crippen LogP contribution < -0.4 is 5.73 Å². The van der Waals surface area contributed by atoms with Crippen LogP contribution in [0.4, 0.5) is 4.39 Å². The van der Waals surface area contributed by atoms with Crippen molar-refractivity contribution in [1.29, 1.82) is 0 Å². The molecule has 0 heterocycles. The molecular weight excluding hydrogens is 361 g/mol. The van der Waals surface area contributed by atoms with Gasteiger partial charge in [-0.05, 0) is 47.9 Å². The normalized spacial score (nSPS) is 12.5. The van der Waals surface area contributed by atoms with Gasteiger partial charge in [0.15, 0.2) is 0 Å². The molecule has 0 aliphatic rings. The molecule has 0 amide bonds. The maximum absolute atomic E-state index is 13.3. The summed E-state index contributed by atoms with van der Waals surface area (Å²) >= 11 is 6.91. The summed E-state index contributed by atoms with van der Waals surface area (Å²) < 4.78 is 15.2. The van der Waals surface area contributed by atoms with Crippen molar-refractivity contribution in [3.63, 3.8) is 0 Å². The lowest BCUT2D eigenvalue weighted by molar-refractivity contribution is 0.617. The van der Waals surface area contributed by atoms with Gasteiger partial charge in [-0.1, -0.05) is 44.0 Å². The van der Waals surface area contributed by atoms with Crippen LogP contribution in [0.5, 0.6) is 0 Å². The van der Waals surface area contributed by atoms with Gasteiger partial charge >= 0.3 is 0 Å². The number of hydrogen-bond acceptors (Lipinski definition) is 1. The highest BCUT2D eigenvalue weighted by atomic mass is 79.9. The fourth-order valence-corrected chi connectivity index (χ4v) is 2.67. The average molecular weight is 373 g/mol. The minimum absolute atomic E-state index is 0.209. The van der Waals surface area contributed by atoms with Crippen molar-refractivity contribution in [1.82, 2.24) is 0 Å². The fourth-order valence-electron chi connectivity index (χ4n) is 1.79. The third-order valence-corrected chi connectivity index (χ3v) is 4.05. The van der Waals surface area contributed by atoms with Gasteiger partial charge in [0, 0.05) is 8.95 Å². The lowest BCUT2D eigenvalue weighted by Gasteiger charge is -2.15. The van der Waals surface area contributed by atoms with Crippen LogP contribution in [0.3, 0.4) is 0 Å². The molecule has 4 heteroatoms. The molecule has 0 saturated heterocycles. The Kier molecular flexibility index (Phi) is 4.20. The zero-order valence-corrected chi connectivity index (χ0v) is 12.9. The molecule has 2 N–H and O–H groups in total. The molecule has 0 fully saturated rings. The minimum Gasteiger partial charge on any atom is -0.320 e. The van der Waals surface area contributed by atoms with Crippen molar-refractivity contribution in [2.24, 2.45) is 5.73 Å². The summed E-state index contributed by atoms with van der Waals surface area (Å²) in [5.74, 6) is -0.209. The molecule has 2 rings (SSSR count). The number of halogens is 3. The number of hydrogen-bond donors (Lipinski definition) is 1. The second-order valence-corrected chi connectivity index (χ2v) is 5.92. The first-order valence-electron chi connectivity index (χ1n) is 5.45. The molecule has 2 aromatic rings. The summed E-state index contributed by atoms with van der Waals surface area (Å²) in [6.45, 7) is 1.74. The summed E-state index contributed by atoms with van der Waals surface area (Å²) in [5.41, 5.74) is 8.70. The minimum atomic E-state index is -0.281. The lowest BCUT2D eigenvalue weighted by atomic mass is 9.98.